The lowest BCUT2D eigenvalue weighted by Crippen LogP contribution is -2.74. The van der Waals surface area contributed by atoms with Crippen molar-refractivity contribution < 1.29 is 0 Å². The Morgan fingerprint density at radius 3 is 0.971 bits per heavy atom. The fraction of sp³-hybridized carbons (Fsp3) is 0.0909. The summed E-state index contributed by atoms with van der Waals surface area (Å²) in [5.74, 6) is 0. The van der Waals surface area contributed by atoms with Gasteiger partial charge in [-0.1, -0.05) is 144 Å². The van der Waals surface area contributed by atoms with Crippen LogP contribution in [0.15, 0.2) is 127 Å². The Morgan fingerprint density at radius 1 is 0.324 bits per heavy atom. The molecule has 0 aromatic heterocycles. The molecule has 0 aliphatic carbocycles. The van der Waals surface area contributed by atoms with E-state index >= 15 is 0 Å². The van der Waals surface area contributed by atoms with Crippen LogP contribution in [0.2, 0.25) is 0 Å². The Morgan fingerprint density at radius 2 is 0.618 bits per heavy atom. The van der Waals surface area contributed by atoms with Gasteiger partial charge in [-0.2, -0.15) is 21.9 Å². The minimum atomic E-state index is -1.35. The molecule has 166 valence electrons. The van der Waals surface area contributed by atoms with Crippen LogP contribution in [0.1, 0.15) is 16.7 Å². The van der Waals surface area contributed by atoms with Gasteiger partial charge >= 0.3 is 0 Å². The SMILES string of the molecule is Cc1ccc([B-](c2ccc(C)cc2)(c2ccc(C)cc2)c2ccc(-c3ccccc3)cc2)cc1. The standard InChI is InChI=1S/C33H30B/c1-25-9-17-30(18-10-25)34(31-19-11-26(2)12-20-31,32-21-13-27(3)14-22-32)33-23-15-29(16-24-33)28-7-5-4-6-8-28/h4-24H,1-3H3/q-1. The summed E-state index contributed by atoms with van der Waals surface area (Å²) in [5, 5.41) is 0. The maximum atomic E-state index is 2.34. The number of rotatable bonds is 5. The molecule has 0 N–H and O–H groups in total. The first-order valence-electron chi connectivity index (χ1n) is 12.1. The average molecular weight is 437 g/mol. The van der Waals surface area contributed by atoms with Gasteiger partial charge in [-0.25, -0.2) is 0 Å². The Bertz CT molecular complexity index is 1250. The summed E-state index contributed by atoms with van der Waals surface area (Å²) in [4.78, 5) is 0. The van der Waals surface area contributed by atoms with Crippen molar-refractivity contribution in [3.8, 4) is 11.1 Å². The molecule has 1 heteroatoms. The summed E-state index contributed by atoms with van der Waals surface area (Å²) in [6, 6.07) is 47.2. The van der Waals surface area contributed by atoms with Gasteiger partial charge in [-0.3, -0.25) is 0 Å². The highest BCUT2D eigenvalue weighted by Crippen LogP contribution is 2.19. The molecule has 0 atom stereocenters. The topological polar surface area (TPSA) is 0 Å². The molecule has 0 aliphatic heterocycles. The molecule has 0 fully saturated rings. The van der Waals surface area contributed by atoms with E-state index in [9.17, 15) is 0 Å². The van der Waals surface area contributed by atoms with E-state index in [0.717, 1.165) is 0 Å². The van der Waals surface area contributed by atoms with Gasteiger partial charge in [0.1, 0.15) is 6.15 Å². The van der Waals surface area contributed by atoms with Crippen LogP contribution in [0.4, 0.5) is 0 Å². The predicted octanol–water partition coefficient (Wildman–Crippen LogP) is 5.66. The van der Waals surface area contributed by atoms with E-state index in [4.69, 9.17) is 0 Å². The fourth-order valence-electron chi connectivity index (χ4n) is 5.31. The molecule has 34 heavy (non-hydrogen) atoms. The summed E-state index contributed by atoms with van der Waals surface area (Å²) in [6.45, 7) is 6.47. The van der Waals surface area contributed by atoms with Crippen molar-refractivity contribution in [3.05, 3.63) is 144 Å². The molecular formula is C33H30B-. The zero-order valence-electron chi connectivity index (χ0n) is 20.2. The van der Waals surface area contributed by atoms with Gasteiger partial charge in [0.2, 0.25) is 0 Å². The van der Waals surface area contributed by atoms with Crippen LogP contribution in [-0.4, -0.2) is 6.15 Å². The number of hydrogen-bond acceptors (Lipinski definition) is 0. The van der Waals surface area contributed by atoms with Crippen LogP contribution in [0, 0.1) is 20.8 Å². The Hall–Kier alpha value is -3.84. The Kier molecular flexibility index (Phi) is 5.94. The summed E-state index contributed by atoms with van der Waals surface area (Å²) < 4.78 is 0. The van der Waals surface area contributed by atoms with Crippen LogP contribution < -0.4 is 21.9 Å². The maximum absolute atomic E-state index is 2.34. The first kappa shape index (κ1) is 22.0. The van der Waals surface area contributed by atoms with Crippen molar-refractivity contribution >= 4 is 28.0 Å². The maximum Gasteiger partial charge on any atom is 0.108 e. The zero-order chi connectivity index (χ0) is 23.5. The third kappa shape index (κ3) is 3.99. The lowest BCUT2D eigenvalue weighted by molar-refractivity contribution is 1.47. The van der Waals surface area contributed by atoms with Crippen LogP contribution >= 0.6 is 0 Å². The largest absolute Gasteiger partial charge is 0.195 e. The van der Waals surface area contributed by atoms with E-state index in [1.165, 1.54) is 49.7 Å². The van der Waals surface area contributed by atoms with E-state index in [1.54, 1.807) is 0 Å². The number of aryl methyl sites for hydroxylation is 3. The van der Waals surface area contributed by atoms with Gasteiger partial charge < -0.3 is 0 Å². The second-order valence-corrected chi connectivity index (χ2v) is 9.59. The molecule has 0 amide bonds. The minimum absolute atomic E-state index is 1.24. The third-order valence-corrected chi connectivity index (χ3v) is 7.25. The Balaban J connectivity index is 1.80. The number of benzene rings is 5. The molecule has 0 bridgehead atoms. The van der Waals surface area contributed by atoms with Gasteiger partial charge in [0.25, 0.3) is 0 Å². The lowest BCUT2D eigenvalue weighted by atomic mass is 9.13. The molecule has 5 rings (SSSR count). The minimum Gasteiger partial charge on any atom is -0.195 e. The van der Waals surface area contributed by atoms with E-state index in [1.807, 2.05) is 0 Å². The highest BCUT2D eigenvalue weighted by atomic mass is 14.1. The van der Waals surface area contributed by atoms with Crippen LogP contribution in [0.5, 0.6) is 0 Å². The Labute approximate surface area is 203 Å². The lowest BCUT2D eigenvalue weighted by Gasteiger charge is -2.44. The molecule has 0 radical (unpaired) electrons. The predicted molar refractivity (Wildman–Crippen MR) is 150 cm³/mol. The molecule has 0 aliphatic rings. The van der Waals surface area contributed by atoms with Crippen molar-refractivity contribution in [2.75, 3.05) is 0 Å². The molecule has 5 aromatic rings. The van der Waals surface area contributed by atoms with Gasteiger partial charge in [0.15, 0.2) is 0 Å². The van der Waals surface area contributed by atoms with Gasteiger partial charge in [-0.15, -0.1) is 0 Å². The normalized spacial score (nSPS) is 11.4. The van der Waals surface area contributed by atoms with Crippen molar-refractivity contribution in [2.24, 2.45) is 0 Å². The van der Waals surface area contributed by atoms with E-state index < -0.39 is 6.15 Å². The summed E-state index contributed by atoms with van der Waals surface area (Å²) in [6.07, 6.45) is -1.35. The first-order chi connectivity index (χ1) is 16.6. The molecule has 0 saturated heterocycles. The average Bonchev–Trinajstić information content (AvgIpc) is 2.88. The van der Waals surface area contributed by atoms with Crippen molar-refractivity contribution in [1.82, 2.24) is 0 Å². The summed E-state index contributed by atoms with van der Waals surface area (Å²) in [7, 11) is 0. The third-order valence-electron chi connectivity index (χ3n) is 7.25. The molecule has 0 unspecified atom stereocenters. The molecule has 0 nitrogen and oxygen atoms in total. The van der Waals surface area contributed by atoms with E-state index in [-0.39, 0.29) is 0 Å². The molecular weight excluding hydrogens is 407 g/mol. The smallest absolute Gasteiger partial charge is 0.108 e. The van der Waals surface area contributed by atoms with Crippen LogP contribution in [0.3, 0.4) is 0 Å². The highest BCUT2D eigenvalue weighted by Gasteiger charge is 2.31. The summed E-state index contributed by atoms with van der Waals surface area (Å²) in [5.41, 5.74) is 11.7. The number of hydrogen-bond donors (Lipinski definition) is 0. The molecule has 0 saturated carbocycles. The molecule has 0 spiro atoms. The fourth-order valence-corrected chi connectivity index (χ4v) is 5.31. The van der Waals surface area contributed by atoms with E-state index in [0.29, 0.717) is 0 Å². The summed E-state index contributed by atoms with van der Waals surface area (Å²) >= 11 is 0. The molecule has 5 aromatic carbocycles. The van der Waals surface area contributed by atoms with Gasteiger partial charge in [0.05, 0.1) is 0 Å². The van der Waals surface area contributed by atoms with Gasteiger partial charge in [0, 0.05) is 0 Å². The first-order valence-corrected chi connectivity index (χ1v) is 12.1. The quantitative estimate of drug-likeness (QED) is 0.312. The molecule has 0 heterocycles. The zero-order valence-corrected chi connectivity index (χ0v) is 20.2. The van der Waals surface area contributed by atoms with Crippen molar-refractivity contribution in [1.29, 1.82) is 0 Å². The second-order valence-electron chi connectivity index (χ2n) is 9.59. The van der Waals surface area contributed by atoms with Crippen molar-refractivity contribution in [3.63, 3.8) is 0 Å². The van der Waals surface area contributed by atoms with E-state index in [2.05, 4.69) is 148 Å². The van der Waals surface area contributed by atoms with Crippen LogP contribution in [-0.2, 0) is 0 Å². The van der Waals surface area contributed by atoms with Crippen LogP contribution in [0.25, 0.3) is 11.1 Å². The van der Waals surface area contributed by atoms with Gasteiger partial charge in [-0.05, 0) is 31.9 Å². The highest BCUT2D eigenvalue weighted by molar-refractivity contribution is 7.19. The monoisotopic (exact) mass is 437 g/mol. The second kappa shape index (κ2) is 9.19. The van der Waals surface area contributed by atoms with Crippen molar-refractivity contribution in [2.45, 2.75) is 20.8 Å².